The van der Waals surface area contributed by atoms with Crippen LogP contribution >= 0.6 is 24.2 Å². The Morgan fingerprint density at radius 1 is 1.38 bits per heavy atom. The van der Waals surface area contributed by atoms with Crippen LogP contribution in [-0.4, -0.2) is 30.0 Å². The molecule has 0 spiro atoms. The molecule has 0 radical (unpaired) electrons. The number of carbonyl (C=O) groups is 1. The summed E-state index contributed by atoms with van der Waals surface area (Å²) in [6.07, 6.45) is 0. The lowest BCUT2D eigenvalue weighted by Crippen LogP contribution is -2.39. The van der Waals surface area contributed by atoms with Crippen molar-refractivity contribution in [2.24, 2.45) is 17.6 Å². The maximum absolute atomic E-state index is 11.8. The standard InChI is InChI=1S/C11H24N2OS.ClH/c1-5-15-10(8(2)3)11(14)13-7-9(4)6-12;/h8-10H,5-7,12H2,1-4H3,(H,13,14);1H. The first-order chi connectivity index (χ1) is 7.02. The largest absolute Gasteiger partial charge is 0.355 e. The molecule has 0 fully saturated rings. The number of rotatable bonds is 7. The van der Waals surface area contributed by atoms with Crippen molar-refractivity contribution in [2.45, 2.75) is 32.9 Å². The zero-order chi connectivity index (χ0) is 11.8. The molecule has 98 valence electrons. The van der Waals surface area contributed by atoms with Crippen molar-refractivity contribution in [1.29, 1.82) is 0 Å². The van der Waals surface area contributed by atoms with Crippen LogP contribution in [-0.2, 0) is 4.79 Å². The van der Waals surface area contributed by atoms with Crippen LogP contribution in [0.3, 0.4) is 0 Å². The van der Waals surface area contributed by atoms with Gasteiger partial charge in [-0.3, -0.25) is 4.79 Å². The zero-order valence-electron chi connectivity index (χ0n) is 10.7. The normalized spacial score (nSPS) is 14.1. The Kier molecular flexibility index (Phi) is 11.8. The molecule has 0 aromatic carbocycles. The summed E-state index contributed by atoms with van der Waals surface area (Å²) >= 11 is 1.71. The van der Waals surface area contributed by atoms with Gasteiger partial charge in [-0.25, -0.2) is 0 Å². The molecule has 0 heterocycles. The highest BCUT2D eigenvalue weighted by atomic mass is 35.5. The second-order valence-electron chi connectivity index (χ2n) is 4.21. The summed E-state index contributed by atoms with van der Waals surface area (Å²) in [5.41, 5.74) is 5.50. The van der Waals surface area contributed by atoms with Crippen molar-refractivity contribution in [3.8, 4) is 0 Å². The van der Waals surface area contributed by atoms with E-state index >= 15 is 0 Å². The summed E-state index contributed by atoms with van der Waals surface area (Å²) in [6.45, 7) is 9.59. The van der Waals surface area contributed by atoms with Crippen molar-refractivity contribution in [2.75, 3.05) is 18.8 Å². The molecule has 3 nitrogen and oxygen atoms in total. The van der Waals surface area contributed by atoms with E-state index in [1.165, 1.54) is 0 Å². The molecule has 0 bridgehead atoms. The molecule has 0 aromatic rings. The van der Waals surface area contributed by atoms with E-state index in [1.54, 1.807) is 11.8 Å². The number of amides is 1. The Bertz CT molecular complexity index is 191. The van der Waals surface area contributed by atoms with Crippen molar-refractivity contribution in [3.05, 3.63) is 0 Å². The fourth-order valence-electron chi connectivity index (χ4n) is 1.21. The number of halogens is 1. The molecule has 0 saturated heterocycles. The summed E-state index contributed by atoms with van der Waals surface area (Å²) in [7, 11) is 0. The first kappa shape index (κ1) is 18.4. The zero-order valence-corrected chi connectivity index (χ0v) is 12.3. The predicted octanol–water partition coefficient (Wildman–Crippen LogP) is 1.90. The quantitative estimate of drug-likeness (QED) is 0.742. The van der Waals surface area contributed by atoms with E-state index in [-0.39, 0.29) is 23.6 Å². The van der Waals surface area contributed by atoms with E-state index in [2.05, 4.69) is 26.1 Å². The minimum Gasteiger partial charge on any atom is -0.355 e. The maximum Gasteiger partial charge on any atom is 0.233 e. The molecular weight excluding hydrogens is 244 g/mol. The van der Waals surface area contributed by atoms with E-state index in [0.717, 1.165) is 5.75 Å². The summed E-state index contributed by atoms with van der Waals surface area (Å²) in [6, 6.07) is 0. The maximum atomic E-state index is 11.8. The highest BCUT2D eigenvalue weighted by Gasteiger charge is 2.21. The van der Waals surface area contributed by atoms with E-state index < -0.39 is 0 Å². The van der Waals surface area contributed by atoms with Gasteiger partial charge in [0.05, 0.1) is 5.25 Å². The Labute approximate surface area is 110 Å². The molecule has 1 amide bonds. The molecule has 0 saturated carbocycles. The van der Waals surface area contributed by atoms with Crippen LogP contribution in [0.4, 0.5) is 0 Å². The smallest absolute Gasteiger partial charge is 0.233 e. The highest BCUT2D eigenvalue weighted by molar-refractivity contribution is 8.00. The van der Waals surface area contributed by atoms with E-state index in [9.17, 15) is 4.79 Å². The van der Waals surface area contributed by atoms with Gasteiger partial charge in [0.15, 0.2) is 0 Å². The SMILES string of the molecule is CCSC(C(=O)NCC(C)CN)C(C)C.Cl. The molecule has 2 unspecified atom stereocenters. The van der Waals surface area contributed by atoms with Crippen molar-refractivity contribution < 1.29 is 4.79 Å². The summed E-state index contributed by atoms with van der Waals surface area (Å²) in [5.74, 6) is 1.86. The van der Waals surface area contributed by atoms with Gasteiger partial charge >= 0.3 is 0 Å². The monoisotopic (exact) mass is 268 g/mol. The lowest BCUT2D eigenvalue weighted by atomic mass is 10.1. The number of thioether (sulfide) groups is 1. The second-order valence-corrected chi connectivity index (χ2v) is 5.62. The Balaban J connectivity index is 0. The minimum atomic E-state index is 0. The van der Waals surface area contributed by atoms with Gasteiger partial charge < -0.3 is 11.1 Å². The number of hydrogen-bond acceptors (Lipinski definition) is 3. The average molecular weight is 269 g/mol. The second kappa shape index (κ2) is 10.2. The van der Waals surface area contributed by atoms with E-state index in [4.69, 9.17) is 5.73 Å². The molecule has 0 aliphatic heterocycles. The molecule has 16 heavy (non-hydrogen) atoms. The van der Waals surface area contributed by atoms with Gasteiger partial charge in [-0.15, -0.1) is 24.2 Å². The first-order valence-corrected chi connectivity index (χ1v) is 6.67. The van der Waals surface area contributed by atoms with Crippen LogP contribution in [0.2, 0.25) is 0 Å². The Hall–Kier alpha value is 0.0700. The highest BCUT2D eigenvalue weighted by Crippen LogP contribution is 2.19. The van der Waals surface area contributed by atoms with Crippen LogP contribution in [0.1, 0.15) is 27.7 Å². The third-order valence-electron chi connectivity index (χ3n) is 2.24. The number of nitrogens with two attached hydrogens (primary N) is 1. The number of carbonyl (C=O) groups excluding carboxylic acids is 1. The third-order valence-corrected chi connectivity index (χ3v) is 3.69. The van der Waals surface area contributed by atoms with E-state index in [0.29, 0.717) is 24.9 Å². The lowest BCUT2D eigenvalue weighted by molar-refractivity contribution is -0.121. The van der Waals surface area contributed by atoms with Gasteiger partial charge in [-0.2, -0.15) is 0 Å². The van der Waals surface area contributed by atoms with Crippen molar-refractivity contribution >= 4 is 30.1 Å². The molecule has 2 atom stereocenters. The summed E-state index contributed by atoms with van der Waals surface area (Å²) in [4.78, 5) is 11.8. The molecule has 0 aliphatic carbocycles. The van der Waals surface area contributed by atoms with Gasteiger partial charge in [0.25, 0.3) is 0 Å². The van der Waals surface area contributed by atoms with Crippen LogP contribution < -0.4 is 11.1 Å². The topological polar surface area (TPSA) is 55.1 Å². The van der Waals surface area contributed by atoms with Gasteiger partial charge in [0, 0.05) is 6.54 Å². The van der Waals surface area contributed by atoms with Gasteiger partial charge in [-0.1, -0.05) is 27.7 Å². The van der Waals surface area contributed by atoms with Gasteiger partial charge in [0.1, 0.15) is 0 Å². The fourth-order valence-corrected chi connectivity index (χ4v) is 2.19. The number of hydrogen-bond donors (Lipinski definition) is 2. The molecule has 3 N–H and O–H groups in total. The van der Waals surface area contributed by atoms with Crippen molar-refractivity contribution in [1.82, 2.24) is 5.32 Å². The molecule has 0 rings (SSSR count). The molecule has 5 heteroatoms. The lowest BCUT2D eigenvalue weighted by Gasteiger charge is -2.20. The Morgan fingerprint density at radius 3 is 2.31 bits per heavy atom. The van der Waals surface area contributed by atoms with Gasteiger partial charge in [-0.05, 0) is 24.1 Å². The first-order valence-electron chi connectivity index (χ1n) is 5.62. The van der Waals surface area contributed by atoms with E-state index in [1.807, 2.05) is 6.92 Å². The minimum absolute atomic E-state index is 0. The van der Waals surface area contributed by atoms with Gasteiger partial charge in [0.2, 0.25) is 5.91 Å². The molecule has 0 aliphatic rings. The van der Waals surface area contributed by atoms with Crippen molar-refractivity contribution in [3.63, 3.8) is 0 Å². The van der Waals surface area contributed by atoms with Crippen LogP contribution in [0.25, 0.3) is 0 Å². The predicted molar refractivity (Wildman–Crippen MR) is 75.2 cm³/mol. The molecule has 0 aromatic heterocycles. The molecular formula is C11H25ClN2OS. The summed E-state index contributed by atoms with van der Waals surface area (Å²) < 4.78 is 0. The van der Waals surface area contributed by atoms with Crippen LogP contribution in [0.5, 0.6) is 0 Å². The average Bonchev–Trinajstić information content (AvgIpc) is 2.21. The fraction of sp³-hybridized carbons (Fsp3) is 0.909. The third kappa shape index (κ3) is 7.36. The number of nitrogens with one attached hydrogen (secondary N) is 1. The Morgan fingerprint density at radius 2 is 1.94 bits per heavy atom. The summed E-state index contributed by atoms with van der Waals surface area (Å²) in [5, 5.41) is 3.03. The van der Waals surface area contributed by atoms with Crippen LogP contribution in [0.15, 0.2) is 0 Å². The van der Waals surface area contributed by atoms with Crippen LogP contribution in [0, 0.1) is 11.8 Å².